The number of likely N-dealkylation sites (N-methyl/N-ethyl adjacent to an activating group) is 1. The van der Waals surface area contributed by atoms with Crippen molar-refractivity contribution in [3.8, 4) is 0 Å². The van der Waals surface area contributed by atoms with Crippen molar-refractivity contribution in [2.75, 3.05) is 7.05 Å². The average molecular weight is 280 g/mol. The standard InChI is InChI=1S/C13H17ClF3N/c1-18-12(3-2-8-13(15,16)17)9-10-4-6-11(14)7-5-10/h4-7,12,18H,2-3,8-9H2,1H3. The Balaban J connectivity index is 2.40. The Bertz CT molecular complexity index is 348. The van der Waals surface area contributed by atoms with Gasteiger partial charge in [-0.15, -0.1) is 0 Å². The maximum atomic E-state index is 12.0. The molecule has 1 aromatic rings. The van der Waals surface area contributed by atoms with Gasteiger partial charge in [-0.3, -0.25) is 0 Å². The zero-order chi connectivity index (χ0) is 13.6. The van der Waals surface area contributed by atoms with Gasteiger partial charge in [-0.25, -0.2) is 0 Å². The molecule has 0 aliphatic heterocycles. The SMILES string of the molecule is CNC(CCCC(F)(F)F)Cc1ccc(Cl)cc1. The predicted octanol–water partition coefficient (Wildman–Crippen LogP) is 4.20. The first kappa shape index (κ1) is 15.3. The van der Waals surface area contributed by atoms with Crippen LogP contribution in [0.5, 0.6) is 0 Å². The maximum Gasteiger partial charge on any atom is 0.389 e. The van der Waals surface area contributed by atoms with E-state index in [-0.39, 0.29) is 12.5 Å². The fraction of sp³-hybridized carbons (Fsp3) is 0.538. The first-order valence-electron chi connectivity index (χ1n) is 5.89. The lowest BCUT2D eigenvalue weighted by Crippen LogP contribution is -2.28. The van der Waals surface area contributed by atoms with E-state index in [1.807, 2.05) is 12.1 Å². The molecule has 102 valence electrons. The summed E-state index contributed by atoms with van der Waals surface area (Å²) >= 11 is 5.78. The van der Waals surface area contributed by atoms with Crippen LogP contribution in [0.1, 0.15) is 24.8 Å². The lowest BCUT2D eigenvalue weighted by molar-refractivity contribution is -0.135. The first-order chi connectivity index (χ1) is 8.40. The molecule has 1 aromatic carbocycles. The van der Waals surface area contributed by atoms with E-state index < -0.39 is 12.6 Å². The first-order valence-corrected chi connectivity index (χ1v) is 6.27. The van der Waals surface area contributed by atoms with Gasteiger partial charge in [0.2, 0.25) is 0 Å². The number of benzene rings is 1. The summed E-state index contributed by atoms with van der Waals surface area (Å²) in [6.45, 7) is 0. The number of hydrogen-bond acceptors (Lipinski definition) is 1. The third-order valence-corrected chi connectivity index (χ3v) is 3.07. The fourth-order valence-corrected chi connectivity index (χ4v) is 1.93. The molecule has 0 aliphatic rings. The quantitative estimate of drug-likeness (QED) is 0.823. The van der Waals surface area contributed by atoms with Gasteiger partial charge in [0.05, 0.1) is 0 Å². The molecule has 1 rings (SSSR count). The van der Waals surface area contributed by atoms with Gasteiger partial charge in [0.25, 0.3) is 0 Å². The Hall–Kier alpha value is -0.740. The van der Waals surface area contributed by atoms with Crippen molar-refractivity contribution >= 4 is 11.6 Å². The molecular formula is C13H17ClF3N. The number of alkyl halides is 3. The van der Waals surface area contributed by atoms with Crippen molar-refractivity contribution in [3.05, 3.63) is 34.9 Å². The second kappa shape index (κ2) is 7.00. The van der Waals surface area contributed by atoms with Crippen LogP contribution >= 0.6 is 11.6 Å². The Morgan fingerprint density at radius 3 is 2.33 bits per heavy atom. The highest BCUT2D eigenvalue weighted by Gasteiger charge is 2.26. The van der Waals surface area contributed by atoms with Gasteiger partial charge in [0.1, 0.15) is 0 Å². The Kier molecular flexibility index (Phi) is 5.96. The van der Waals surface area contributed by atoms with Gasteiger partial charge in [-0.1, -0.05) is 23.7 Å². The second-order valence-corrected chi connectivity index (χ2v) is 4.76. The molecule has 0 aliphatic carbocycles. The zero-order valence-corrected chi connectivity index (χ0v) is 11.0. The third-order valence-electron chi connectivity index (χ3n) is 2.82. The molecule has 0 bridgehead atoms. The summed E-state index contributed by atoms with van der Waals surface area (Å²) < 4.78 is 36.1. The molecule has 1 atom stereocenters. The van der Waals surface area contributed by atoms with E-state index in [1.54, 1.807) is 19.2 Å². The average Bonchev–Trinajstić information content (AvgIpc) is 2.29. The fourth-order valence-electron chi connectivity index (χ4n) is 1.80. The van der Waals surface area contributed by atoms with Crippen molar-refractivity contribution in [3.63, 3.8) is 0 Å². The van der Waals surface area contributed by atoms with Gasteiger partial charge in [0.15, 0.2) is 0 Å². The van der Waals surface area contributed by atoms with Crippen LogP contribution in [0.4, 0.5) is 13.2 Å². The van der Waals surface area contributed by atoms with Crippen LogP contribution in [0.3, 0.4) is 0 Å². The minimum atomic E-state index is -4.06. The van der Waals surface area contributed by atoms with Crippen molar-refractivity contribution in [2.24, 2.45) is 0 Å². The van der Waals surface area contributed by atoms with E-state index in [4.69, 9.17) is 11.6 Å². The van der Waals surface area contributed by atoms with Crippen LogP contribution in [0.25, 0.3) is 0 Å². The van der Waals surface area contributed by atoms with E-state index in [0.717, 1.165) is 5.56 Å². The highest BCUT2D eigenvalue weighted by molar-refractivity contribution is 6.30. The predicted molar refractivity (Wildman–Crippen MR) is 67.9 cm³/mol. The minimum Gasteiger partial charge on any atom is -0.317 e. The lowest BCUT2D eigenvalue weighted by atomic mass is 10.0. The lowest BCUT2D eigenvalue weighted by Gasteiger charge is -2.16. The molecule has 0 radical (unpaired) electrons. The van der Waals surface area contributed by atoms with Crippen LogP contribution < -0.4 is 5.32 Å². The van der Waals surface area contributed by atoms with Crippen LogP contribution in [0, 0.1) is 0 Å². The summed E-state index contributed by atoms with van der Waals surface area (Å²) in [5, 5.41) is 3.71. The molecule has 5 heteroatoms. The highest BCUT2D eigenvalue weighted by Crippen LogP contribution is 2.23. The van der Waals surface area contributed by atoms with Crippen molar-refractivity contribution in [1.82, 2.24) is 5.32 Å². The van der Waals surface area contributed by atoms with E-state index in [9.17, 15) is 13.2 Å². The van der Waals surface area contributed by atoms with Crippen LogP contribution in [0.2, 0.25) is 5.02 Å². The molecule has 0 fully saturated rings. The summed E-state index contributed by atoms with van der Waals surface area (Å²) in [6.07, 6.45) is -3.39. The van der Waals surface area contributed by atoms with Gasteiger partial charge >= 0.3 is 6.18 Å². The molecule has 18 heavy (non-hydrogen) atoms. The van der Waals surface area contributed by atoms with E-state index in [1.165, 1.54) is 0 Å². The van der Waals surface area contributed by atoms with Crippen molar-refractivity contribution < 1.29 is 13.2 Å². The number of rotatable bonds is 6. The van der Waals surface area contributed by atoms with E-state index in [0.29, 0.717) is 17.9 Å². The second-order valence-electron chi connectivity index (χ2n) is 4.32. The van der Waals surface area contributed by atoms with Gasteiger partial charge in [0, 0.05) is 17.5 Å². The highest BCUT2D eigenvalue weighted by atomic mass is 35.5. The monoisotopic (exact) mass is 279 g/mol. The molecule has 0 aromatic heterocycles. The molecule has 0 spiro atoms. The Morgan fingerprint density at radius 1 is 1.22 bits per heavy atom. The van der Waals surface area contributed by atoms with Gasteiger partial charge < -0.3 is 5.32 Å². The molecule has 0 saturated carbocycles. The van der Waals surface area contributed by atoms with Crippen LogP contribution in [0.15, 0.2) is 24.3 Å². The molecule has 1 nitrogen and oxygen atoms in total. The molecule has 1 unspecified atom stereocenters. The largest absolute Gasteiger partial charge is 0.389 e. The molecular weight excluding hydrogens is 263 g/mol. The summed E-state index contributed by atoms with van der Waals surface area (Å²) in [7, 11) is 1.77. The number of halogens is 4. The van der Waals surface area contributed by atoms with Gasteiger partial charge in [-0.05, 0) is 44.0 Å². The molecule has 1 N–H and O–H groups in total. The van der Waals surface area contributed by atoms with Crippen LogP contribution in [-0.4, -0.2) is 19.3 Å². The smallest absolute Gasteiger partial charge is 0.317 e. The maximum absolute atomic E-state index is 12.0. The molecule has 0 amide bonds. The Morgan fingerprint density at radius 2 is 1.83 bits per heavy atom. The van der Waals surface area contributed by atoms with Crippen LogP contribution in [-0.2, 0) is 6.42 Å². The van der Waals surface area contributed by atoms with Gasteiger partial charge in [-0.2, -0.15) is 13.2 Å². The van der Waals surface area contributed by atoms with Crippen molar-refractivity contribution in [1.29, 1.82) is 0 Å². The summed E-state index contributed by atoms with van der Waals surface area (Å²) in [4.78, 5) is 0. The topological polar surface area (TPSA) is 12.0 Å². The minimum absolute atomic E-state index is 0.0634. The molecule has 0 heterocycles. The normalized spacial score (nSPS) is 13.6. The number of nitrogens with one attached hydrogen (secondary N) is 1. The summed E-state index contributed by atoms with van der Waals surface area (Å²) in [5.74, 6) is 0. The number of hydrogen-bond donors (Lipinski definition) is 1. The summed E-state index contributed by atoms with van der Waals surface area (Å²) in [6, 6.07) is 7.44. The van der Waals surface area contributed by atoms with E-state index >= 15 is 0 Å². The Labute approximate surface area is 110 Å². The van der Waals surface area contributed by atoms with Crippen molar-refractivity contribution in [2.45, 2.75) is 37.9 Å². The third kappa shape index (κ3) is 6.26. The zero-order valence-electron chi connectivity index (χ0n) is 10.2. The summed E-state index contributed by atoms with van der Waals surface area (Å²) in [5.41, 5.74) is 1.07. The molecule has 0 saturated heterocycles. The van der Waals surface area contributed by atoms with E-state index in [2.05, 4.69) is 5.32 Å².